The van der Waals surface area contributed by atoms with Crippen LogP contribution in [0.4, 0.5) is 0 Å². The van der Waals surface area contributed by atoms with Gasteiger partial charge in [-0.1, -0.05) is 13.8 Å². The summed E-state index contributed by atoms with van der Waals surface area (Å²) in [6.45, 7) is 4.95. The number of rotatable bonds is 6. The van der Waals surface area contributed by atoms with Gasteiger partial charge in [0.1, 0.15) is 6.54 Å². The van der Waals surface area contributed by atoms with E-state index in [1.807, 2.05) is 0 Å². The van der Waals surface area contributed by atoms with E-state index in [-0.39, 0.29) is 18.5 Å². The third kappa shape index (κ3) is 4.44. The van der Waals surface area contributed by atoms with Crippen molar-refractivity contribution in [2.75, 3.05) is 6.54 Å². The Bertz CT molecular complexity index is 308. The second-order valence-electron chi connectivity index (χ2n) is 4.33. The van der Waals surface area contributed by atoms with Crippen LogP contribution in [-0.2, 0) is 11.3 Å². The quantitative estimate of drug-likeness (QED) is 0.733. The molecule has 0 bridgehead atoms. The molecule has 0 saturated heterocycles. The Morgan fingerprint density at radius 2 is 2.31 bits per heavy atom. The van der Waals surface area contributed by atoms with Crippen LogP contribution in [0.25, 0.3) is 0 Å². The molecule has 0 radical (unpaired) electrons. The third-order valence-corrected chi connectivity index (χ3v) is 2.27. The maximum absolute atomic E-state index is 11.6. The van der Waals surface area contributed by atoms with E-state index in [0.717, 1.165) is 6.42 Å². The summed E-state index contributed by atoms with van der Waals surface area (Å²) in [5.74, 6) is 0.485. The summed E-state index contributed by atoms with van der Waals surface area (Å²) in [7, 11) is 0. The molecule has 0 aliphatic carbocycles. The number of amides is 1. The fourth-order valence-electron chi connectivity index (χ4n) is 1.60. The molecule has 1 unspecified atom stereocenters. The lowest BCUT2D eigenvalue weighted by molar-refractivity contribution is -0.122. The van der Waals surface area contributed by atoms with Gasteiger partial charge < -0.3 is 11.1 Å². The number of nitrogens with one attached hydrogen (secondary N) is 1. The minimum atomic E-state index is -0.0419. The highest BCUT2D eigenvalue weighted by molar-refractivity contribution is 5.75. The molecule has 0 saturated carbocycles. The average Bonchev–Trinajstić information content (AvgIpc) is 2.68. The second kappa shape index (κ2) is 6.27. The van der Waals surface area contributed by atoms with Crippen LogP contribution in [0.15, 0.2) is 18.5 Å². The number of nitrogens with zero attached hydrogens (tertiary/aromatic N) is 2. The highest BCUT2D eigenvalue weighted by atomic mass is 16.2. The molecule has 5 heteroatoms. The summed E-state index contributed by atoms with van der Waals surface area (Å²) in [5, 5.41) is 6.89. The van der Waals surface area contributed by atoms with Gasteiger partial charge in [0.25, 0.3) is 0 Å². The van der Waals surface area contributed by atoms with Gasteiger partial charge in [-0.2, -0.15) is 5.10 Å². The fourth-order valence-corrected chi connectivity index (χ4v) is 1.60. The van der Waals surface area contributed by atoms with E-state index in [1.165, 1.54) is 0 Å². The van der Waals surface area contributed by atoms with Crippen LogP contribution in [-0.4, -0.2) is 28.3 Å². The zero-order chi connectivity index (χ0) is 12.0. The lowest BCUT2D eigenvalue weighted by Gasteiger charge is -2.18. The summed E-state index contributed by atoms with van der Waals surface area (Å²) in [6.07, 6.45) is 4.32. The monoisotopic (exact) mass is 224 g/mol. The minimum absolute atomic E-state index is 0.0419. The van der Waals surface area contributed by atoms with Crippen molar-refractivity contribution < 1.29 is 4.79 Å². The Balaban J connectivity index is 2.37. The summed E-state index contributed by atoms with van der Waals surface area (Å²) in [5.41, 5.74) is 5.61. The lowest BCUT2D eigenvalue weighted by Crippen LogP contribution is -2.42. The molecule has 0 spiro atoms. The maximum atomic E-state index is 11.6. The maximum Gasteiger partial charge on any atom is 0.241 e. The van der Waals surface area contributed by atoms with Gasteiger partial charge in [-0.05, 0) is 18.4 Å². The molecule has 1 rings (SSSR count). The Kier molecular flexibility index (Phi) is 4.98. The summed E-state index contributed by atoms with van der Waals surface area (Å²) in [4.78, 5) is 11.6. The van der Waals surface area contributed by atoms with Crippen molar-refractivity contribution in [3.8, 4) is 0 Å². The molecule has 16 heavy (non-hydrogen) atoms. The predicted octanol–water partition coefficient (Wildman–Crippen LogP) is 0.373. The molecule has 1 amide bonds. The van der Waals surface area contributed by atoms with Crippen molar-refractivity contribution in [2.24, 2.45) is 11.7 Å². The highest BCUT2D eigenvalue weighted by Gasteiger charge is 2.12. The number of aromatic nitrogens is 2. The van der Waals surface area contributed by atoms with Crippen molar-refractivity contribution in [1.82, 2.24) is 15.1 Å². The Morgan fingerprint density at radius 3 is 2.81 bits per heavy atom. The van der Waals surface area contributed by atoms with E-state index in [1.54, 1.807) is 23.1 Å². The van der Waals surface area contributed by atoms with E-state index < -0.39 is 0 Å². The predicted molar refractivity (Wildman–Crippen MR) is 62.7 cm³/mol. The van der Waals surface area contributed by atoms with Crippen LogP contribution >= 0.6 is 0 Å². The number of nitrogens with two attached hydrogens (primary N) is 1. The first-order chi connectivity index (χ1) is 7.61. The zero-order valence-electron chi connectivity index (χ0n) is 9.89. The molecule has 0 fully saturated rings. The first kappa shape index (κ1) is 12.7. The van der Waals surface area contributed by atoms with Gasteiger partial charge >= 0.3 is 0 Å². The van der Waals surface area contributed by atoms with Crippen LogP contribution in [0.3, 0.4) is 0 Å². The fraction of sp³-hybridized carbons (Fsp3) is 0.636. The molecule has 3 N–H and O–H groups in total. The average molecular weight is 224 g/mol. The minimum Gasteiger partial charge on any atom is -0.350 e. The van der Waals surface area contributed by atoms with Gasteiger partial charge in [-0.25, -0.2) is 0 Å². The topological polar surface area (TPSA) is 72.9 Å². The van der Waals surface area contributed by atoms with Gasteiger partial charge in [-0.15, -0.1) is 0 Å². The first-order valence-electron chi connectivity index (χ1n) is 5.58. The number of carbonyl (C=O) groups excluding carboxylic acids is 1. The molecule has 0 aliphatic heterocycles. The van der Waals surface area contributed by atoms with Gasteiger partial charge in [0.05, 0.1) is 0 Å². The largest absolute Gasteiger partial charge is 0.350 e. The van der Waals surface area contributed by atoms with Gasteiger partial charge in [0.15, 0.2) is 0 Å². The number of hydrogen-bond acceptors (Lipinski definition) is 3. The molecule has 90 valence electrons. The molecule has 1 heterocycles. The van der Waals surface area contributed by atoms with E-state index in [2.05, 4.69) is 24.3 Å². The van der Waals surface area contributed by atoms with Crippen molar-refractivity contribution in [3.63, 3.8) is 0 Å². The smallest absolute Gasteiger partial charge is 0.241 e. The summed E-state index contributed by atoms with van der Waals surface area (Å²) < 4.78 is 1.60. The zero-order valence-corrected chi connectivity index (χ0v) is 9.89. The van der Waals surface area contributed by atoms with Crippen molar-refractivity contribution in [2.45, 2.75) is 32.9 Å². The summed E-state index contributed by atoms with van der Waals surface area (Å²) >= 11 is 0. The Morgan fingerprint density at radius 1 is 1.56 bits per heavy atom. The van der Waals surface area contributed by atoms with E-state index in [0.29, 0.717) is 12.5 Å². The van der Waals surface area contributed by atoms with Gasteiger partial charge in [0, 0.05) is 25.0 Å². The summed E-state index contributed by atoms with van der Waals surface area (Å²) in [6, 6.07) is 1.85. The number of carbonyl (C=O) groups is 1. The molecule has 0 aromatic carbocycles. The second-order valence-corrected chi connectivity index (χ2v) is 4.33. The van der Waals surface area contributed by atoms with E-state index in [9.17, 15) is 4.79 Å². The molecule has 1 aromatic rings. The van der Waals surface area contributed by atoms with Crippen LogP contribution in [0.1, 0.15) is 20.3 Å². The van der Waals surface area contributed by atoms with Gasteiger partial charge in [0.2, 0.25) is 5.91 Å². The van der Waals surface area contributed by atoms with E-state index in [4.69, 9.17) is 5.73 Å². The van der Waals surface area contributed by atoms with Crippen LogP contribution < -0.4 is 11.1 Å². The molecular formula is C11H20N4O. The normalized spacial score (nSPS) is 12.8. The lowest BCUT2D eigenvalue weighted by atomic mass is 10.0. The molecule has 1 aromatic heterocycles. The van der Waals surface area contributed by atoms with Gasteiger partial charge in [-0.3, -0.25) is 9.48 Å². The van der Waals surface area contributed by atoms with Crippen LogP contribution in [0.5, 0.6) is 0 Å². The first-order valence-corrected chi connectivity index (χ1v) is 5.58. The third-order valence-electron chi connectivity index (χ3n) is 2.27. The molecule has 1 atom stereocenters. The Labute approximate surface area is 96.0 Å². The molecule has 0 aliphatic rings. The standard InChI is InChI=1S/C11H20N4O/c1-9(2)6-10(7-12)14-11(16)8-15-5-3-4-13-15/h3-5,9-10H,6-8,12H2,1-2H3,(H,14,16). The van der Waals surface area contributed by atoms with Crippen LogP contribution in [0.2, 0.25) is 0 Å². The number of hydrogen-bond donors (Lipinski definition) is 2. The Hall–Kier alpha value is -1.36. The highest BCUT2D eigenvalue weighted by Crippen LogP contribution is 2.03. The van der Waals surface area contributed by atoms with Crippen molar-refractivity contribution >= 4 is 5.91 Å². The van der Waals surface area contributed by atoms with Crippen LogP contribution in [0, 0.1) is 5.92 Å². The SMILES string of the molecule is CC(C)CC(CN)NC(=O)Cn1cccn1. The molecular weight excluding hydrogens is 204 g/mol. The molecule has 5 nitrogen and oxygen atoms in total. The van der Waals surface area contributed by atoms with Crippen molar-refractivity contribution in [1.29, 1.82) is 0 Å². The van der Waals surface area contributed by atoms with E-state index >= 15 is 0 Å². The van der Waals surface area contributed by atoms with Crippen molar-refractivity contribution in [3.05, 3.63) is 18.5 Å².